The lowest BCUT2D eigenvalue weighted by Crippen LogP contribution is -1.81. The van der Waals surface area contributed by atoms with Gasteiger partial charge >= 0.3 is 0 Å². The molecule has 0 radical (unpaired) electrons. The van der Waals surface area contributed by atoms with Gasteiger partial charge in [-0.2, -0.15) is 0 Å². The van der Waals surface area contributed by atoms with E-state index < -0.39 is 0 Å². The van der Waals surface area contributed by atoms with Crippen LogP contribution in [0, 0.1) is 0 Å². The van der Waals surface area contributed by atoms with Crippen LogP contribution in [-0.4, -0.2) is 4.98 Å². The first-order chi connectivity index (χ1) is 5.11. The predicted molar refractivity (Wildman–Crippen MR) is 58.6 cm³/mol. The lowest BCUT2D eigenvalue weighted by atomic mass is 10.2. The maximum Gasteiger partial charge on any atom is 0.0953 e. The van der Waals surface area contributed by atoms with Gasteiger partial charge in [-0.15, -0.1) is 11.3 Å². The summed E-state index contributed by atoms with van der Waals surface area (Å²) >= 11 is 4.25. The average molecular weight is 281 g/mol. The minimum absolute atomic E-state index is 0.573. The number of hydrogen-bond donors (Lipinski definition) is 0. The van der Waals surface area contributed by atoms with Gasteiger partial charge in [-0.1, -0.05) is 36.4 Å². The van der Waals surface area contributed by atoms with E-state index in [1.54, 1.807) is 0 Å². The highest BCUT2D eigenvalue weighted by Gasteiger charge is 2.08. The van der Waals surface area contributed by atoms with Gasteiger partial charge in [0.1, 0.15) is 0 Å². The minimum Gasteiger partial charge on any atom is -0.249 e. The van der Waals surface area contributed by atoms with Crippen molar-refractivity contribution in [1.82, 2.24) is 4.98 Å². The van der Waals surface area contributed by atoms with E-state index in [1.165, 1.54) is 9.88 Å². The fourth-order valence-corrected chi connectivity index (χ4v) is 2.14. The Morgan fingerprint density at radius 2 is 2.09 bits per heavy atom. The largest absolute Gasteiger partial charge is 0.249 e. The van der Waals surface area contributed by atoms with Gasteiger partial charge in [0.25, 0.3) is 0 Å². The highest BCUT2D eigenvalue weighted by molar-refractivity contribution is 14.1. The summed E-state index contributed by atoms with van der Waals surface area (Å²) in [5.41, 5.74) is 0. The number of nitrogens with zero attached hydrogens (tertiary/aromatic N) is 1. The van der Waals surface area contributed by atoms with E-state index in [1.807, 2.05) is 17.5 Å². The summed E-state index contributed by atoms with van der Waals surface area (Å²) in [5.74, 6) is 0.573. The molecule has 1 aromatic heterocycles. The van der Waals surface area contributed by atoms with Crippen LogP contribution in [0.4, 0.5) is 0 Å². The zero-order valence-electron chi connectivity index (χ0n) is 6.97. The quantitative estimate of drug-likeness (QED) is 0.594. The Kier molecular flexibility index (Phi) is 3.30. The molecule has 0 bridgehead atoms. The third-order valence-corrected chi connectivity index (χ3v) is 4.00. The number of aromatic nitrogens is 1. The third-order valence-electron chi connectivity index (χ3n) is 1.43. The van der Waals surface area contributed by atoms with Gasteiger partial charge in [0.2, 0.25) is 0 Å². The van der Waals surface area contributed by atoms with Crippen molar-refractivity contribution >= 4 is 33.9 Å². The molecule has 0 aliphatic heterocycles. The lowest BCUT2D eigenvalue weighted by molar-refractivity contribution is 0.852. The molecule has 0 N–H and O–H groups in total. The van der Waals surface area contributed by atoms with Gasteiger partial charge in [-0.3, -0.25) is 0 Å². The molecular weight excluding hydrogens is 269 g/mol. The van der Waals surface area contributed by atoms with E-state index in [9.17, 15) is 0 Å². The number of hydrogen-bond acceptors (Lipinski definition) is 2. The Morgan fingerprint density at radius 3 is 2.36 bits per heavy atom. The first-order valence-electron chi connectivity index (χ1n) is 3.71. The maximum absolute atomic E-state index is 4.35. The van der Waals surface area contributed by atoms with Crippen LogP contribution in [0.2, 0.25) is 0 Å². The van der Waals surface area contributed by atoms with E-state index in [0.717, 1.165) is 0 Å². The van der Waals surface area contributed by atoms with Crippen molar-refractivity contribution in [3.8, 4) is 0 Å². The summed E-state index contributed by atoms with van der Waals surface area (Å²) in [6.07, 6.45) is 2.00. The molecule has 1 unspecified atom stereocenters. The number of halogens is 1. The van der Waals surface area contributed by atoms with Crippen molar-refractivity contribution in [2.75, 3.05) is 0 Å². The van der Waals surface area contributed by atoms with Crippen LogP contribution >= 0.6 is 33.9 Å². The van der Waals surface area contributed by atoms with E-state index in [4.69, 9.17) is 0 Å². The Morgan fingerprint density at radius 1 is 1.45 bits per heavy atom. The van der Waals surface area contributed by atoms with E-state index in [-0.39, 0.29) is 0 Å². The van der Waals surface area contributed by atoms with Crippen LogP contribution in [0.3, 0.4) is 0 Å². The molecule has 1 aromatic rings. The van der Waals surface area contributed by atoms with Crippen molar-refractivity contribution in [1.29, 1.82) is 0 Å². The molecule has 1 nitrogen and oxygen atoms in total. The summed E-state index contributed by atoms with van der Waals surface area (Å²) < 4.78 is 0.595. The average Bonchev–Trinajstić information content (AvgIpc) is 2.33. The molecule has 1 atom stereocenters. The molecular formula is C8H12INS. The van der Waals surface area contributed by atoms with Crippen molar-refractivity contribution < 1.29 is 0 Å². The monoisotopic (exact) mass is 281 g/mol. The van der Waals surface area contributed by atoms with Crippen molar-refractivity contribution in [3.05, 3.63) is 16.1 Å². The zero-order chi connectivity index (χ0) is 8.43. The Labute approximate surface area is 85.4 Å². The van der Waals surface area contributed by atoms with E-state index in [0.29, 0.717) is 9.84 Å². The van der Waals surface area contributed by atoms with Gasteiger partial charge < -0.3 is 0 Å². The molecule has 0 saturated heterocycles. The van der Waals surface area contributed by atoms with Crippen LogP contribution in [0.15, 0.2) is 6.20 Å². The molecule has 3 heteroatoms. The van der Waals surface area contributed by atoms with Crippen LogP contribution in [0.5, 0.6) is 0 Å². The van der Waals surface area contributed by atoms with E-state index >= 15 is 0 Å². The summed E-state index contributed by atoms with van der Waals surface area (Å²) in [7, 11) is 0. The van der Waals surface area contributed by atoms with Gasteiger partial charge in [0.15, 0.2) is 0 Å². The molecule has 1 rings (SSSR count). The summed E-state index contributed by atoms with van der Waals surface area (Å²) in [4.78, 5) is 5.73. The van der Waals surface area contributed by atoms with Gasteiger partial charge in [0.05, 0.1) is 5.01 Å². The molecule has 11 heavy (non-hydrogen) atoms. The summed E-state index contributed by atoms with van der Waals surface area (Å²) in [6.45, 7) is 6.55. The summed E-state index contributed by atoms with van der Waals surface area (Å²) in [6, 6.07) is 0. The van der Waals surface area contributed by atoms with E-state index in [2.05, 4.69) is 48.3 Å². The second-order valence-corrected chi connectivity index (χ2v) is 5.83. The highest BCUT2D eigenvalue weighted by Crippen LogP contribution is 2.30. The van der Waals surface area contributed by atoms with Gasteiger partial charge in [-0.05, 0) is 6.92 Å². The first kappa shape index (κ1) is 9.45. The third kappa shape index (κ3) is 2.40. The highest BCUT2D eigenvalue weighted by atomic mass is 127. The molecule has 0 aromatic carbocycles. The van der Waals surface area contributed by atoms with Crippen LogP contribution in [0.25, 0.3) is 0 Å². The molecule has 62 valence electrons. The Bertz CT molecular complexity index is 207. The van der Waals surface area contributed by atoms with Crippen molar-refractivity contribution in [2.24, 2.45) is 0 Å². The molecule has 0 spiro atoms. The van der Waals surface area contributed by atoms with Crippen LogP contribution in [-0.2, 0) is 0 Å². The molecule has 0 saturated carbocycles. The molecule has 1 heterocycles. The van der Waals surface area contributed by atoms with Crippen LogP contribution in [0.1, 0.15) is 40.5 Å². The zero-order valence-corrected chi connectivity index (χ0v) is 9.94. The number of alkyl halides is 1. The van der Waals surface area contributed by atoms with Crippen LogP contribution < -0.4 is 0 Å². The van der Waals surface area contributed by atoms with Crippen molar-refractivity contribution in [3.63, 3.8) is 0 Å². The molecule has 0 amide bonds. The molecule has 0 aliphatic carbocycles. The van der Waals surface area contributed by atoms with Crippen molar-refractivity contribution in [2.45, 2.75) is 30.6 Å². The predicted octanol–water partition coefficient (Wildman–Crippen LogP) is 3.76. The maximum atomic E-state index is 4.35. The SMILES string of the molecule is CC(C)c1ncc(C(C)I)s1. The standard InChI is InChI=1S/C8H12INS/c1-5(2)8-10-4-7(11-8)6(3)9/h4-6H,1-3H3. The fourth-order valence-electron chi connectivity index (χ4n) is 0.752. The number of rotatable bonds is 2. The second-order valence-electron chi connectivity index (χ2n) is 2.87. The fraction of sp³-hybridized carbons (Fsp3) is 0.625. The Hall–Kier alpha value is 0.360. The first-order valence-corrected chi connectivity index (χ1v) is 5.77. The number of thiazole rings is 1. The normalized spacial score (nSPS) is 13.9. The second kappa shape index (κ2) is 3.85. The van der Waals surface area contributed by atoms with Gasteiger partial charge in [-0.25, -0.2) is 4.98 Å². The smallest absolute Gasteiger partial charge is 0.0953 e. The lowest BCUT2D eigenvalue weighted by Gasteiger charge is -1.97. The van der Waals surface area contributed by atoms with Gasteiger partial charge in [0, 0.05) is 20.9 Å². The Balaban J connectivity index is 2.82. The minimum atomic E-state index is 0.573. The topological polar surface area (TPSA) is 12.9 Å². The summed E-state index contributed by atoms with van der Waals surface area (Å²) in [5, 5.41) is 1.25. The molecule has 0 fully saturated rings. The molecule has 0 aliphatic rings.